The smallest absolute Gasteiger partial charge is 0.0527 e. The van der Waals surface area contributed by atoms with Crippen molar-refractivity contribution >= 4 is 34.1 Å². The summed E-state index contributed by atoms with van der Waals surface area (Å²) in [7, 11) is 0. The molecule has 0 aromatic heterocycles. The molecule has 6 aromatic rings. The van der Waals surface area contributed by atoms with Crippen molar-refractivity contribution in [3.63, 3.8) is 0 Å². The molecule has 1 unspecified atom stereocenters. The third-order valence-corrected chi connectivity index (χ3v) is 15.4. The molecule has 0 radical (unpaired) electrons. The lowest BCUT2D eigenvalue weighted by Gasteiger charge is -2.47. The molecule has 0 amide bonds. The van der Waals surface area contributed by atoms with Gasteiger partial charge < -0.3 is 9.80 Å². The fourth-order valence-electron chi connectivity index (χ4n) is 12.7. The first-order chi connectivity index (χ1) is 28.9. The van der Waals surface area contributed by atoms with Gasteiger partial charge in [-0.3, -0.25) is 0 Å². The molecule has 2 heterocycles. The summed E-state index contributed by atoms with van der Waals surface area (Å²) in [4.78, 5) is 5.33. The summed E-state index contributed by atoms with van der Waals surface area (Å²) in [6.45, 7) is 36.2. The topological polar surface area (TPSA) is 6.48 Å². The van der Waals surface area contributed by atoms with Gasteiger partial charge in [-0.2, -0.15) is 0 Å². The molecule has 2 nitrogen and oxygen atoms in total. The van der Waals surface area contributed by atoms with Crippen LogP contribution in [0.2, 0.25) is 0 Å². The highest BCUT2D eigenvalue weighted by molar-refractivity contribution is 5.98. The third-order valence-electron chi connectivity index (χ3n) is 15.4. The van der Waals surface area contributed by atoms with Crippen LogP contribution >= 0.6 is 0 Å². The lowest BCUT2D eigenvalue weighted by Crippen LogP contribution is -2.31. The average Bonchev–Trinajstić information content (AvgIpc) is 3.49. The fraction of sp³-hybridized carbons (Fsp3) is 0.400. The number of rotatable bonds is 3. The molecule has 4 aliphatic rings. The van der Waals surface area contributed by atoms with Crippen molar-refractivity contribution in [1.29, 1.82) is 0 Å². The highest BCUT2D eigenvalue weighted by Gasteiger charge is 2.48. The van der Waals surface area contributed by atoms with Crippen LogP contribution in [0.1, 0.15) is 171 Å². The van der Waals surface area contributed by atoms with Crippen LogP contribution in [-0.2, 0) is 32.5 Å². The van der Waals surface area contributed by atoms with E-state index in [1.807, 2.05) is 0 Å². The molecular formula is C60H68N2. The standard InChI is InChI=1S/C60H68N2/c1-36-27-38(37-19-17-16-18-20-37)21-25-48(36)62-49-26-22-39(55(2,3)4)28-42(49)53-43-32-46-47(60(14,15)35-59(46,12)13)33-50(43)61(51-29-40(56(5,6)7)30-52(62)54(51)53)41-23-24-44-45(31-41)58(10,11)34-57(44,8)9/h16-33,53H,34-35H2,1-15H3. The molecule has 0 spiro atoms. The first-order valence-corrected chi connectivity index (χ1v) is 23.3. The zero-order chi connectivity index (χ0) is 44.3. The summed E-state index contributed by atoms with van der Waals surface area (Å²) in [5.74, 6) is 0.0623. The highest BCUT2D eigenvalue weighted by Crippen LogP contribution is 2.64. The zero-order valence-corrected chi connectivity index (χ0v) is 40.3. The summed E-state index contributed by atoms with van der Waals surface area (Å²) in [5.41, 5.74) is 24.7. The van der Waals surface area contributed by atoms with Crippen LogP contribution in [0.5, 0.6) is 0 Å². The third kappa shape index (κ3) is 6.09. The van der Waals surface area contributed by atoms with Crippen molar-refractivity contribution in [2.45, 2.75) is 155 Å². The molecule has 0 saturated heterocycles. The molecule has 2 aliphatic carbocycles. The molecule has 0 fully saturated rings. The molecule has 0 N–H and O–H groups in total. The number of nitrogens with zero attached hydrogens (tertiary/aromatic N) is 2. The fourth-order valence-corrected chi connectivity index (χ4v) is 12.7. The molecule has 0 bridgehead atoms. The van der Waals surface area contributed by atoms with E-state index >= 15 is 0 Å². The predicted molar refractivity (Wildman–Crippen MR) is 266 cm³/mol. The summed E-state index contributed by atoms with van der Waals surface area (Å²) in [6, 6.07) is 43.3. The number of hydrogen-bond donors (Lipinski definition) is 0. The van der Waals surface area contributed by atoms with E-state index < -0.39 is 0 Å². The Balaban J connectivity index is 1.33. The van der Waals surface area contributed by atoms with Gasteiger partial charge in [0.05, 0.1) is 22.7 Å². The number of benzene rings is 6. The minimum atomic E-state index is -0.0882. The number of fused-ring (bicyclic) bond motifs is 6. The van der Waals surface area contributed by atoms with Gasteiger partial charge in [0.25, 0.3) is 0 Å². The minimum Gasteiger partial charge on any atom is -0.310 e. The maximum absolute atomic E-state index is 2.70. The molecule has 62 heavy (non-hydrogen) atoms. The maximum Gasteiger partial charge on any atom is 0.0527 e. The molecule has 318 valence electrons. The minimum absolute atomic E-state index is 0.00914. The van der Waals surface area contributed by atoms with E-state index in [0.717, 1.165) is 12.8 Å². The van der Waals surface area contributed by atoms with E-state index in [-0.39, 0.29) is 38.4 Å². The summed E-state index contributed by atoms with van der Waals surface area (Å²) in [5, 5.41) is 0. The van der Waals surface area contributed by atoms with Gasteiger partial charge in [0.2, 0.25) is 0 Å². The summed E-state index contributed by atoms with van der Waals surface area (Å²) in [6.07, 6.45) is 2.28. The van der Waals surface area contributed by atoms with Crippen LogP contribution in [0, 0.1) is 6.92 Å². The van der Waals surface area contributed by atoms with Crippen molar-refractivity contribution in [3.05, 3.63) is 165 Å². The number of hydrogen-bond acceptors (Lipinski definition) is 2. The Hall–Kier alpha value is -5.08. The van der Waals surface area contributed by atoms with E-state index in [0.29, 0.717) is 0 Å². The Bertz CT molecular complexity index is 2830. The maximum atomic E-state index is 2.70. The molecule has 2 aliphatic heterocycles. The molecular weight excluding hydrogens is 749 g/mol. The van der Waals surface area contributed by atoms with E-state index in [9.17, 15) is 0 Å². The molecule has 10 rings (SSSR count). The van der Waals surface area contributed by atoms with Gasteiger partial charge in [-0.1, -0.05) is 158 Å². The van der Waals surface area contributed by atoms with Gasteiger partial charge in [0.1, 0.15) is 0 Å². The second-order valence-electron chi connectivity index (χ2n) is 24.2. The Morgan fingerprint density at radius 1 is 0.435 bits per heavy atom. The Labute approximate surface area is 373 Å². The molecule has 6 aromatic carbocycles. The Kier molecular flexibility index (Phi) is 8.59. The normalized spacial score (nSPS) is 19.7. The predicted octanol–water partition coefficient (Wildman–Crippen LogP) is 16.9. The second kappa shape index (κ2) is 13.0. The van der Waals surface area contributed by atoms with Crippen molar-refractivity contribution in [1.82, 2.24) is 0 Å². The van der Waals surface area contributed by atoms with Crippen LogP contribution in [-0.4, -0.2) is 0 Å². The van der Waals surface area contributed by atoms with Gasteiger partial charge in [-0.15, -0.1) is 0 Å². The molecule has 0 saturated carbocycles. The quantitative estimate of drug-likeness (QED) is 0.175. The van der Waals surface area contributed by atoms with Gasteiger partial charge in [0.15, 0.2) is 0 Å². The highest BCUT2D eigenvalue weighted by atomic mass is 15.2. The van der Waals surface area contributed by atoms with E-state index in [1.165, 1.54) is 101 Å². The van der Waals surface area contributed by atoms with Crippen molar-refractivity contribution in [3.8, 4) is 11.1 Å². The van der Waals surface area contributed by atoms with Crippen molar-refractivity contribution in [2.24, 2.45) is 0 Å². The largest absolute Gasteiger partial charge is 0.310 e. The van der Waals surface area contributed by atoms with Crippen LogP contribution in [0.25, 0.3) is 11.1 Å². The molecule has 1 atom stereocenters. The van der Waals surface area contributed by atoms with E-state index in [1.54, 1.807) is 0 Å². The van der Waals surface area contributed by atoms with Crippen LogP contribution in [0.3, 0.4) is 0 Å². The number of anilines is 6. The summed E-state index contributed by atoms with van der Waals surface area (Å²) < 4.78 is 0. The second-order valence-corrected chi connectivity index (χ2v) is 24.2. The Morgan fingerprint density at radius 3 is 1.60 bits per heavy atom. The average molecular weight is 817 g/mol. The van der Waals surface area contributed by atoms with E-state index in [2.05, 4.69) is 223 Å². The number of aryl methyl sites for hydroxylation is 1. The zero-order valence-electron chi connectivity index (χ0n) is 40.3. The van der Waals surface area contributed by atoms with Crippen LogP contribution < -0.4 is 9.80 Å². The van der Waals surface area contributed by atoms with Gasteiger partial charge in [0, 0.05) is 22.9 Å². The molecule has 2 heteroatoms. The van der Waals surface area contributed by atoms with Gasteiger partial charge >= 0.3 is 0 Å². The van der Waals surface area contributed by atoms with E-state index in [4.69, 9.17) is 0 Å². The van der Waals surface area contributed by atoms with Gasteiger partial charge in [-0.05, 0) is 162 Å². The SMILES string of the molecule is Cc1cc(-c2ccccc2)ccc1N1c2ccc(C(C)(C)C)cc2C2c3cc4c(cc3N(c3ccc5c(c3)C(C)(C)CC5(C)C)c3cc(C(C)(C)C)cc1c32)C(C)(C)CC4(C)C. The Morgan fingerprint density at radius 2 is 0.984 bits per heavy atom. The van der Waals surface area contributed by atoms with Crippen molar-refractivity contribution in [2.75, 3.05) is 9.80 Å². The lowest BCUT2D eigenvalue weighted by molar-refractivity contribution is 0.402. The monoisotopic (exact) mass is 817 g/mol. The first kappa shape index (κ1) is 41.0. The first-order valence-electron chi connectivity index (χ1n) is 23.3. The summed E-state index contributed by atoms with van der Waals surface area (Å²) >= 11 is 0. The van der Waals surface area contributed by atoms with Crippen LogP contribution in [0.4, 0.5) is 34.1 Å². The van der Waals surface area contributed by atoms with Crippen molar-refractivity contribution < 1.29 is 0 Å². The van der Waals surface area contributed by atoms with Crippen LogP contribution in [0.15, 0.2) is 109 Å². The lowest BCUT2D eigenvalue weighted by atomic mass is 9.71. The van der Waals surface area contributed by atoms with Gasteiger partial charge in [-0.25, -0.2) is 0 Å².